The minimum Gasteiger partial charge on any atom is -0.488 e. The van der Waals surface area contributed by atoms with Gasteiger partial charge < -0.3 is 15.0 Å². The summed E-state index contributed by atoms with van der Waals surface area (Å²) in [6.45, 7) is 1.28. The van der Waals surface area contributed by atoms with E-state index in [9.17, 15) is 9.59 Å². The Morgan fingerprint density at radius 1 is 1.39 bits per heavy atom. The molecule has 2 heterocycles. The van der Waals surface area contributed by atoms with E-state index >= 15 is 0 Å². The fraction of sp³-hybridized carbons (Fsp3) is 0.471. The molecule has 1 saturated carbocycles. The SMILES string of the molecule is CNC(=O)c1cc(OC2CCN(C(=O)/C=C/C3CC3)C2)ccn1. The number of pyridine rings is 1. The van der Waals surface area contributed by atoms with Crippen LogP contribution in [0.3, 0.4) is 0 Å². The number of nitrogens with zero attached hydrogens (tertiary/aromatic N) is 2. The molecule has 1 unspecified atom stereocenters. The second kappa shape index (κ2) is 6.81. The zero-order chi connectivity index (χ0) is 16.2. The molecule has 0 spiro atoms. The maximum absolute atomic E-state index is 12.1. The maximum atomic E-state index is 12.1. The number of aromatic nitrogens is 1. The summed E-state index contributed by atoms with van der Waals surface area (Å²) in [5.74, 6) is 1.02. The molecule has 122 valence electrons. The molecule has 2 amide bonds. The number of hydrogen-bond donors (Lipinski definition) is 1. The highest BCUT2D eigenvalue weighted by atomic mass is 16.5. The van der Waals surface area contributed by atoms with Gasteiger partial charge in [0.05, 0.1) is 6.54 Å². The van der Waals surface area contributed by atoms with Gasteiger partial charge in [0.1, 0.15) is 17.5 Å². The summed E-state index contributed by atoms with van der Waals surface area (Å²) >= 11 is 0. The van der Waals surface area contributed by atoms with E-state index in [2.05, 4.69) is 10.3 Å². The lowest BCUT2D eigenvalue weighted by molar-refractivity contribution is -0.125. The number of likely N-dealkylation sites (tertiary alicyclic amines) is 1. The van der Waals surface area contributed by atoms with Crippen molar-refractivity contribution in [3.63, 3.8) is 0 Å². The largest absolute Gasteiger partial charge is 0.488 e. The van der Waals surface area contributed by atoms with Gasteiger partial charge in [-0.2, -0.15) is 0 Å². The van der Waals surface area contributed by atoms with E-state index in [0.29, 0.717) is 30.5 Å². The highest BCUT2D eigenvalue weighted by molar-refractivity contribution is 5.92. The molecule has 1 aromatic rings. The first-order valence-electron chi connectivity index (χ1n) is 7.97. The number of amides is 2. The summed E-state index contributed by atoms with van der Waals surface area (Å²) in [7, 11) is 1.56. The first-order chi connectivity index (χ1) is 11.2. The highest BCUT2D eigenvalue weighted by Gasteiger charge is 2.27. The maximum Gasteiger partial charge on any atom is 0.269 e. The van der Waals surface area contributed by atoms with Crippen molar-refractivity contribution in [1.29, 1.82) is 0 Å². The summed E-state index contributed by atoms with van der Waals surface area (Å²) in [5, 5.41) is 2.53. The molecule has 1 aliphatic carbocycles. The van der Waals surface area contributed by atoms with Crippen molar-refractivity contribution >= 4 is 11.8 Å². The first kappa shape index (κ1) is 15.5. The third-order valence-corrected chi connectivity index (χ3v) is 4.08. The summed E-state index contributed by atoms with van der Waals surface area (Å²) < 4.78 is 5.89. The lowest BCUT2D eigenvalue weighted by Crippen LogP contribution is -2.29. The second-order valence-electron chi connectivity index (χ2n) is 5.97. The van der Waals surface area contributed by atoms with Crippen LogP contribution in [0.5, 0.6) is 5.75 Å². The van der Waals surface area contributed by atoms with Crippen molar-refractivity contribution in [1.82, 2.24) is 15.2 Å². The molecule has 23 heavy (non-hydrogen) atoms. The van der Waals surface area contributed by atoms with Crippen molar-refractivity contribution in [3.8, 4) is 5.75 Å². The number of carbonyl (C=O) groups is 2. The van der Waals surface area contributed by atoms with E-state index in [0.717, 1.165) is 6.42 Å². The molecule has 0 bridgehead atoms. The third-order valence-electron chi connectivity index (χ3n) is 4.08. The monoisotopic (exact) mass is 315 g/mol. The van der Waals surface area contributed by atoms with Crippen LogP contribution in [0.2, 0.25) is 0 Å². The molecule has 2 aliphatic rings. The summed E-state index contributed by atoms with van der Waals surface area (Å²) in [4.78, 5) is 29.5. The standard InChI is InChI=1S/C17H21N3O3/c1-18-17(22)15-10-13(6-8-19-15)23-14-7-9-20(11-14)16(21)5-4-12-2-3-12/h4-6,8,10,12,14H,2-3,7,9,11H2,1H3,(H,18,22)/b5-4+. The number of hydrogen-bond acceptors (Lipinski definition) is 4. The van der Waals surface area contributed by atoms with E-state index in [1.807, 2.05) is 11.0 Å². The number of ether oxygens (including phenoxy) is 1. The Kier molecular flexibility index (Phi) is 4.60. The molecule has 2 fully saturated rings. The van der Waals surface area contributed by atoms with Gasteiger partial charge in [0.15, 0.2) is 0 Å². The van der Waals surface area contributed by atoms with Crippen LogP contribution in [0.25, 0.3) is 0 Å². The summed E-state index contributed by atoms with van der Waals surface area (Å²) in [6.07, 6.45) is 8.39. The van der Waals surface area contributed by atoms with E-state index < -0.39 is 0 Å². The Hall–Kier alpha value is -2.37. The van der Waals surface area contributed by atoms with Crippen LogP contribution in [0.1, 0.15) is 29.8 Å². The predicted molar refractivity (Wildman–Crippen MR) is 85.1 cm³/mol. The molecule has 1 aliphatic heterocycles. The third kappa shape index (κ3) is 4.09. The molecule has 1 aromatic heterocycles. The van der Waals surface area contributed by atoms with E-state index in [-0.39, 0.29) is 17.9 Å². The summed E-state index contributed by atoms with van der Waals surface area (Å²) in [5.41, 5.74) is 0.322. The normalized spacial score (nSPS) is 20.7. The Balaban J connectivity index is 1.55. The van der Waals surface area contributed by atoms with Gasteiger partial charge in [-0.25, -0.2) is 0 Å². The van der Waals surface area contributed by atoms with Crippen LogP contribution in [0.15, 0.2) is 30.5 Å². The molecule has 1 atom stereocenters. The van der Waals surface area contributed by atoms with Gasteiger partial charge in [-0.1, -0.05) is 6.08 Å². The second-order valence-corrected chi connectivity index (χ2v) is 5.97. The minimum absolute atomic E-state index is 0.0480. The zero-order valence-electron chi connectivity index (χ0n) is 13.2. The number of nitrogens with one attached hydrogen (secondary N) is 1. The Bertz CT molecular complexity index is 625. The Labute approximate surface area is 135 Å². The highest BCUT2D eigenvalue weighted by Crippen LogP contribution is 2.30. The van der Waals surface area contributed by atoms with Gasteiger partial charge in [0.2, 0.25) is 5.91 Å². The van der Waals surface area contributed by atoms with Crippen LogP contribution in [0, 0.1) is 5.92 Å². The van der Waals surface area contributed by atoms with Crippen LogP contribution >= 0.6 is 0 Å². The smallest absolute Gasteiger partial charge is 0.269 e. The molecule has 1 saturated heterocycles. The average Bonchev–Trinajstić information content (AvgIpc) is 3.29. The Morgan fingerprint density at radius 3 is 2.96 bits per heavy atom. The van der Waals surface area contributed by atoms with Crippen molar-refractivity contribution in [2.45, 2.75) is 25.4 Å². The quantitative estimate of drug-likeness (QED) is 0.834. The van der Waals surface area contributed by atoms with Gasteiger partial charge in [0, 0.05) is 32.3 Å². The molecule has 6 heteroatoms. The summed E-state index contributed by atoms with van der Waals surface area (Å²) in [6, 6.07) is 3.35. The van der Waals surface area contributed by atoms with Gasteiger partial charge in [0.25, 0.3) is 5.91 Å². The van der Waals surface area contributed by atoms with Gasteiger partial charge in [-0.3, -0.25) is 14.6 Å². The fourth-order valence-corrected chi connectivity index (χ4v) is 2.57. The predicted octanol–water partition coefficient (Wildman–Crippen LogP) is 1.39. The molecule has 0 radical (unpaired) electrons. The zero-order valence-corrected chi connectivity index (χ0v) is 13.2. The fourth-order valence-electron chi connectivity index (χ4n) is 2.57. The van der Waals surface area contributed by atoms with Crippen LogP contribution < -0.4 is 10.1 Å². The van der Waals surface area contributed by atoms with Crippen LogP contribution in [-0.4, -0.2) is 47.9 Å². The average molecular weight is 315 g/mol. The lowest BCUT2D eigenvalue weighted by Gasteiger charge is -2.16. The molecular weight excluding hydrogens is 294 g/mol. The number of allylic oxidation sites excluding steroid dienone is 1. The topological polar surface area (TPSA) is 71.5 Å². The molecule has 1 N–H and O–H groups in total. The van der Waals surface area contributed by atoms with Crippen molar-refractivity contribution in [2.24, 2.45) is 5.92 Å². The van der Waals surface area contributed by atoms with Gasteiger partial charge >= 0.3 is 0 Å². The molecule has 3 rings (SSSR count). The van der Waals surface area contributed by atoms with Crippen molar-refractivity contribution in [3.05, 3.63) is 36.2 Å². The van der Waals surface area contributed by atoms with E-state index in [4.69, 9.17) is 4.74 Å². The lowest BCUT2D eigenvalue weighted by atomic mass is 10.3. The van der Waals surface area contributed by atoms with E-state index in [1.165, 1.54) is 12.8 Å². The van der Waals surface area contributed by atoms with Gasteiger partial charge in [-0.15, -0.1) is 0 Å². The minimum atomic E-state index is -0.246. The molecule has 6 nitrogen and oxygen atoms in total. The number of carbonyl (C=O) groups excluding carboxylic acids is 2. The number of rotatable bonds is 5. The van der Waals surface area contributed by atoms with Gasteiger partial charge in [-0.05, 0) is 30.9 Å². The van der Waals surface area contributed by atoms with Crippen molar-refractivity contribution in [2.75, 3.05) is 20.1 Å². The molecule has 0 aromatic carbocycles. The van der Waals surface area contributed by atoms with Crippen molar-refractivity contribution < 1.29 is 14.3 Å². The Morgan fingerprint density at radius 2 is 2.22 bits per heavy atom. The van der Waals surface area contributed by atoms with E-state index in [1.54, 1.807) is 31.5 Å². The first-order valence-corrected chi connectivity index (χ1v) is 7.97. The van der Waals surface area contributed by atoms with Crippen LogP contribution in [0.4, 0.5) is 0 Å². The van der Waals surface area contributed by atoms with Crippen LogP contribution in [-0.2, 0) is 4.79 Å². The molecular formula is C17H21N3O3.